The first-order valence-electron chi connectivity index (χ1n) is 7.91. The Labute approximate surface area is 136 Å². The Morgan fingerprint density at radius 2 is 2.09 bits per heavy atom. The van der Waals surface area contributed by atoms with E-state index < -0.39 is 23.9 Å². The van der Waals surface area contributed by atoms with Gasteiger partial charge in [0, 0.05) is 13.1 Å². The SMILES string of the molecule is CC(C)(C)OC(=O)NCC(O)C(O)c1ccc2c(c1)CNCC2. The molecule has 1 amide bonds. The van der Waals surface area contributed by atoms with Crippen molar-refractivity contribution >= 4 is 6.09 Å². The highest BCUT2D eigenvalue weighted by atomic mass is 16.6. The van der Waals surface area contributed by atoms with Gasteiger partial charge >= 0.3 is 6.09 Å². The van der Waals surface area contributed by atoms with E-state index >= 15 is 0 Å². The first-order valence-corrected chi connectivity index (χ1v) is 7.91. The van der Waals surface area contributed by atoms with Crippen molar-refractivity contribution in [3.05, 3.63) is 34.9 Å². The van der Waals surface area contributed by atoms with Crippen LogP contribution in [0, 0.1) is 0 Å². The number of rotatable bonds is 4. The van der Waals surface area contributed by atoms with Gasteiger partial charge in [-0.3, -0.25) is 0 Å². The van der Waals surface area contributed by atoms with Crippen LogP contribution in [0.3, 0.4) is 0 Å². The molecule has 1 heterocycles. The molecule has 4 N–H and O–H groups in total. The van der Waals surface area contributed by atoms with Gasteiger partial charge < -0.3 is 25.6 Å². The molecule has 2 rings (SSSR count). The van der Waals surface area contributed by atoms with Crippen molar-refractivity contribution < 1.29 is 19.7 Å². The molecule has 1 aromatic rings. The fourth-order valence-corrected chi connectivity index (χ4v) is 2.52. The molecule has 0 aliphatic carbocycles. The van der Waals surface area contributed by atoms with Crippen molar-refractivity contribution in [2.24, 2.45) is 0 Å². The van der Waals surface area contributed by atoms with Gasteiger partial charge in [0.15, 0.2) is 0 Å². The number of ether oxygens (including phenoxy) is 1. The monoisotopic (exact) mass is 322 g/mol. The Hall–Kier alpha value is -1.63. The standard InChI is InChI=1S/C17H26N2O4/c1-17(2,3)23-16(22)19-10-14(20)15(21)12-5-4-11-6-7-18-9-13(11)8-12/h4-5,8,14-15,18,20-21H,6-7,9-10H2,1-3H3,(H,19,22). The smallest absolute Gasteiger partial charge is 0.407 e. The highest BCUT2D eigenvalue weighted by Crippen LogP contribution is 2.22. The first kappa shape index (κ1) is 17.7. The molecule has 2 atom stereocenters. The number of amides is 1. The van der Waals surface area contributed by atoms with Crippen LogP contribution in [-0.4, -0.2) is 41.1 Å². The van der Waals surface area contributed by atoms with E-state index in [-0.39, 0.29) is 6.54 Å². The quantitative estimate of drug-likeness (QED) is 0.670. The zero-order chi connectivity index (χ0) is 17.0. The molecule has 2 unspecified atom stereocenters. The lowest BCUT2D eigenvalue weighted by atomic mass is 9.95. The van der Waals surface area contributed by atoms with Gasteiger partial charge in [-0.1, -0.05) is 18.2 Å². The highest BCUT2D eigenvalue weighted by molar-refractivity contribution is 5.67. The predicted molar refractivity (Wildman–Crippen MR) is 87.1 cm³/mol. The summed E-state index contributed by atoms with van der Waals surface area (Å²) in [7, 11) is 0. The third kappa shape index (κ3) is 5.20. The summed E-state index contributed by atoms with van der Waals surface area (Å²) in [5, 5.41) is 26.1. The number of carbonyl (C=O) groups excluding carboxylic acids is 1. The summed E-state index contributed by atoms with van der Waals surface area (Å²) >= 11 is 0. The molecule has 0 spiro atoms. The molecule has 128 valence electrons. The van der Waals surface area contributed by atoms with Crippen LogP contribution in [0.1, 0.15) is 43.6 Å². The minimum Gasteiger partial charge on any atom is -0.444 e. The summed E-state index contributed by atoms with van der Waals surface area (Å²) in [6, 6.07) is 5.72. The lowest BCUT2D eigenvalue weighted by Gasteiger charge is -2.23. The molecule has 1 aliphatic heterocycles. The maximum absolute atomic E-state index is 11.6. The highest BCUT2D eigenvalue weighted by Gasteiger charge is 2.22. The van der Waals surface area contributed by atoms with E-state index in [9.17, 15) is 15.0 Å². The summed E-state index contributed by atoms with van der Waals surface area (Å²) in [6.07, 6.45) is -1.80. The van der Waals surface area contributed by atoms with Gasteiger partial charge in [-0.05, 0) is 50.4 Å². The van der Waals surface area contributed by atoms with E-state index in [0.29, 0.717) is 5.56 Å². The number of carbonyl (C=O) groups is 1. The van der Waals surface area contributed by atoms with Gasteiger partial charge in [-0.25, -0.2) is 4.79 Å². The number of hydrogen-bond acceptors (Lipinski definition) is 5. The second-order valence-electron chi connectivity index (χ2n) is 6.85. The van der Waals surface area contributed by atoms with E-state index in [1.807, 2.05) is 18.2 Å². The van der Waals surface area contributed by atoms with E-state index in [1.165, 1.54) is 5.56 Å². The molecule has 0 bridgehead atoms. The van der Waals surface area contributed by atoms with Crippen LogP contribution < -0.4 is 10.6 Å². The summed E-state index contributed by atoms with van der Waals surface area (Å²) in [6.45, 7) is 6.93. The molecular weight excluding hydrogens is 296 g/mol. The maximum Gasteiger partial charge on any atom is 0.407 e. The van der Waals surface area contributed by atoms with Crippen LogP contribution in [0.4, 0.5) is 4.79 Å². The van der Waals surface area contributed by atoms with Crippen molar-refractivity contribution in [1.82, 2.24) is 10.6 Å². The van der Waals surface area contributed by atoms with Crippen LogP contribution in [0.2, 0.25) is 0 Å². The number of fused-ring (bicyclic) bond motifs is 1. The second kappa shape index (κ2) is 7.29. The zero-order valence-electron chi connectivity index (χ0n) is 13.9. The van der Waals surface area contributed by atoms with Crippen molar-refractivity contribution in [1.29, 1.82) is 0 Å². The van der Waals surface area contributed by atoms with E-state index in [4.69, 9.17) is 4.74 Å². The average Bonchev–Trinajstić information content (AvgIpc) is 2.49. The minimum atomic E-state index is -1.10. The first-order chi connectivity index (χ1) is 10.8. The topological polar surface area (TPSA) is 90.8 Å². The largest absolute Gasteiger partial charge is 0.444 e. The van der Waals surface area contributed by atoms with Gasteiger partial charge in [-0.15, -0.1) is 0 Å². The van der Waals surface area contributed by atoms with Gasteiger partial charge in [0.1, 0.15) is 17.8 Å². The van der Waals surface area contributed by atoms with Gasteiger partial charge in [0.25, 0.3) is 0 Å². The lowest BCUT2D eigenvalue weighted by molar-refractivity contribution is 0.0129. The summed E-state index contributed by atoms with van der Waals surface area (Å²) in [5.74, 6) is 0. The fraction of sp³-hybridized carbons (Fsp3) is 0.588. The van der Waals surface area contributed by atoms with Gasteiger partial charge in [0.05, 0.1) is 0 Å². The van der Waals surface area contributed by atoms with Crippen molar-refractivity contribution in [2.75, 3.05) is 13.1 Å². The molecule has 0 radical (unpaired) electrons. The molecule has 0 saturated carbocycles. The molecule has 6 heteroatoms. The minimum absolute atomic E-state index is 0.0780. The molecule has 0 fully saturated rings. The molecular formula is C17H26N2O4. The number of nitrogens with one attached hydrogen (secondary N) is 2. The number of aliphatic hydroxyl groups is 2. The molecule has 6 nitrogen and oxygen atoms in total. The number of aliphatic hydroxyl groups excluding tert-OH is 2. The average molecular weight is 322 g/mol. The molecule has 23 heavy (non-hydrogen) atoms. The Bertz CT molecular complexity index is 554. The van der Waals surface area contributed by atoms with E-state index in [0.717, 1.165) is 25.1 Å². The van der Waals surface area contributed by atoms with Crippen LogP contribution in [0.5, 0.6) is 0 Å². The van der Waals surface area contributed by atoms with Gasteiger partial charge in [0.2, 0.25) is 0 Å². The fourth-order valence-electron chi connectivity index (χ4n) is 2.52. The van der Waals surface area contributed by atoms with Crippen LogP contribution in [0.15, 0.2) is 18.2 Å². The third-order valence-electron chi connectivity index (χ3n) is 3.68. The van der Waals surface area contributed by atoms with Gasteiger partial charge in [-0.2, -0.15) is 0 Å². The molecule has 1 aromatic carbocycles. The number of benzene rings is 1. The molecule has 0 saturated heterocycles. The lowest BCUT2D eigenvalue weighted by Crippen LogP contribution is -2.38. The zero-order valence-corrected chi connectivity index (χ0v) is 13.9. The molecule has 0 aromatic heterocycles. The Morgan fingerprint density at radius 3 is 2.78 bits per heavy atom. The predicted octanol–water partition coefficient (Wildman–Crippen LogP) is 1.25. The Morgan fingerprint density at radius 1 is 1.35 bits per heavy atom. The number of hydrogen-bond donors (Lipinski definition) is 4. The van der Waals surface area contributed by atoms with Crippen LogP contribution in [-0.2, 0) is 17.7 Å². The summed E-state index contributed by atoms with van der Waals surface area (Å²) < 4.78 is 5.10. The Balaban J connectivity index is 1.92. The summed E-state index contributed by atoms with van der Waals surface area (Å²) in [5.41, 5.74) is 2.45. The second-order valence-corrected chi connectivity index (χ2v) is 6.85. The third-order valence-corrected chi connectivity index (χ3v) is 3.68. The normalized spacial score (nSPS) is 17.1. The summed E-state index contributed by atoms with van der Waals surface area (Å²) in [4.78, 5) is 11.6. The van der Waals surface area contributed by atoms with Crippen LogP contribution in [0.25, 0.3) is 0 Å². The van der Waals surface area contributed by atoms with Crippen molar-refractivity contribution in [3.8, 4) is 0 Å². The maximum atomic E-state index is 11.6. The number of alkyl carbamates (subject to hydrolysis) is 1. The Kier molecular flexibility index (Phi) is 5.62. The van der Waals surface area contributed by atoms with E-state index in [1.54, 1.807) is 20.8 Å². The van der Waals surface area contributed by atoms with E-state index in [2.05, 4.69) is 10.6 Å². The van der Waals surface area contributed by atoms with Crippen molar-refractivity contribution in [3.63, 3.8) is 0 Å². The molecule has 1 aliphatic rings. The van der Waals surface area contributed by atoms with Crippen molar-refractivity contribution in [2.45, 2.75) is 51.5 Å². The van der Waals surface area contributed by atoms with Crippen LogP contribution >= 0.6 is 0 Å².